The van der Waals surface area contributed by atoms with Crippen molar-refractivity contribution in [2.45, 2.75) is 6.42 Å². The van der Waals surface area contributed by atoms with Crippen molar-refractivity contribution >= 4 is 29.3 Å². The number of anilines is 1. The number of halogens is 1. The molecule has 0 saturated heterocycles. The summed E-state index contributed by atoms with van der Waals surface area (Å²) in [5.41, 5.74) is 7.14. The second-order valence-corrected chi connectivity index (χ2v) is 3.39. The van der Waals surface area contributed by atoms with Gasteiger partial charge in [-0.1, -0.05) is 23.8 Å². The van der Waals surface area contributed by atoms with E-state index in [4.69, 9.17) is 17.3 Å². The maximum Gasteiger partial charge on any atom is 0.309 e. The van der Waals surface area contributed by atoms with Crippen LogP contribution < -0.4 is 5.73 Å². The van der Waals surface area contributed by atoms with Gasteiger partial charge < -0.3 is 10.5 Å². The van der Waals surface area contributed by atoms with Gasteiger partial charge in [0.05, 0.1) is 13.5 Å². The third-order valence-corrected chi connectivity index (χ3v) is 2.09. The summed E-state index contributed by atoms with van der Waals surface area (Å²) < 4.78 is 4.49. The second-order valence-electron chi connectivity index (χ2n) is 2.96. The smallest absolute Gasteiger partial charge is 0.309 e. The van der Waals surface area contributed by atoms with Crippen molar-refractivity contribution < 1.29 is 9.53 Å². The van der Waals surface area contributed by atoms with Gasteiger partial charge in [0.1, 0.15) is 0 Å². The van der Waals surface area contributed by atoms with Crippen LogP contribution in [0.15, 0.2) is 24.3 Å². The maximum atomic E-state index is 10.8. The van der Waals surface area contributed by atoms with Crippen LogP contribution in [0, 0.1) is 0 Å². The van der Waals surface area contributed by atoms with Crippen LogP contribution in [0.5, 0.6) is 0 Å². The van der Waals surface area contributed by atoms with Crippen LogP contribution in [-0.4, -0.2) is 13.1 Å². The molecule has 0 aliphatic heterocycles. The third-order valence-electron chi connectivity index (χ3n) is 1.86. The highest BCUT2D eigenvalue weighted by atomic mass is 35.5. The number of benzene rings is 1. The van der Waals surface area contributed by atoms with Crippen molar-refractivity contribution in [2.75, 3.05) is 12.8 Å². The molecule has 1 aromatic carbocycles. The third kappa shape index (κ3) is 3.64. The van der Waals surface area contributed by atoms with Gasteiger partial charge in [-0.15, -0.1) is 0 Å². The van der Waals surface area contributed by atoms with Crippen LogP contribution >= 0.6 is 11.6 Å². The first kappa shape index (κ1) is 11.6. The van der Waals surface area contributed by atoms with Crippen LogP contribution in [0.2, 0.25) is 5.02 Å². The minimum atomic E-state index is -0.285. The standard InChI is InChI=1S/C11H12ClNO2/c1-15-11(14)4-2-3-8-7-9(12)5-6-10(8)13/h2-3,5-7H,4,13H2,1H3. The lowest BCUT2D eigenvalue weighted by atomic mass is 10.1. The summed E-state index contributed by atoms with van der Waals surface area (Å²) in [6.45, 7) is 0. The summed E-state index contributed by atoms with van der Waals surface area (Å²) in [6, 6.07) is 5.18. The molecule has 0 aliphatic rings. The van der Waals surface area contributed by atoms with E-state index in [-0.39, 0.29) is 12.4 Å². The molecule has 2 N–H and O–H groups in total. The SMILES string of the molecule is COC(=O)CC=Cc1cc(Cl)ccc1N. The highest BCUT2D eigenvalue weighted by molar-refractivity contribution is 6.30. The Morgan fingerprint density at radius 3 is 3.00 bits per heavy atom. The lowest BCUT2D eigenvalue weighted by molar-refractivity contribution is -0.139. The summed E-state index contributed by atoms with van der Waals surface area (Å²) in [6.07, 6.45) is 3.66. The number of hydrogen-bond donors (Lipinski definition) is 1. The number of rotatable bonds is 3. The van der Waals surface area contributed by atoms with E-state index in [2.05, 4.69) is 4.74 Å². The fourth-order valence-electron chi connectivity index (χ4n) is 1.06. The quantitative estimate of drug-likeness (QED) is 0.635. The van der Waals surface area contributed by atoms with Gasteiger partial charge >= 0.3 is 5.97 Å². The number of nitrogen functional groups attached to an aromatic ring is 1. The predicted octanol–water partition coefficient (Wildman–Crippen LogP) is 2.50. The topological polar surface area (TPSA) is 52.3 Å². The van der Waals surface area contributed by atoms with Crippen molar-refractivity contribution in [2.24, 2.45) is 0 Å². The monoisotopic (exact) mass is 225 g/mol. The number of methoxy groups -OCH3 is 1. The van der Waals surface area contributed by atoms with Gasteiger partial charge in [0.25, 0.3) is 0 Å². The number of ether oxygens (including phenoxy) is 1. The van der Waals surface area contributed by atoms with Gasteiger partial charge in [-0.25, -0.2) is 0 Å². The lowest BCUT2D eigenvalue weighted by Crippen LogP contribution is -1.96. The molecule has 0 spiro atoms. The van der Waals surface area contributed by atoms with Crippen LogP contribution in [-0.2, 0) is 9.53 Å². The Balaban J connectivity index is 2.71. The van der Waals surface area contributed by atoms with E-state index in [1.807, 2.05) is 0 Å². The molecule has 3 nitrogen and oxygen atoms in total. The van der Waals surface area contributed by atoms with Crippen LogP contribution in [0.4, 0.5) is 5.69 Å². The Kier molecular flexibility index (Phi) is 4.18. The summed E-state index contributed by atoms with van der Waals surface area (Å²) in [5, 5.41) is 0.613. The average Bonchev–Trinajstić information content (AvgIpc) is 2.23. The van der Waals surface area contributed by atoms with Crippen molar-refractivity contribution in [1.82, 2.24) is 0 Å². The Hall–Kier alpha value is -1.48. The first-order chi connectivity index (χ1) is 7.13. The number of carbonyl (C=O) groups excluding carboxylic acids is 1. The van der Waals surface area contributed by atoms with Crippen molar-refractivity contribution in [3.63, 3.8) is 0 Å². The van der Waals surface area contributed by atoms with Crippen LogP contribution in [0.25, 0.3) is 6.08 Å². The molecule has 1 aromatic rings. The van der Waals surface area contributed by atoms with Crippen LogP contribution in [0.3, 0.4) is 0 Å². The summed E-state index contributed by atoms with van der Waals surface area (Å²) in [4.78, 5) is 10.8. The van der Waals surface area contributed by atoms with Crippen molar-refractivity contribution in [3.05, 3.63) is 34.9 Å². The van der Waals surface area contributed by atoms with Gasteiger partial charge in [0, 0.05) is 10.7 Å². The number of nitrogens with two attached hydrogens (primary N) is 1. The highest BCUT2D eigenvalue weighted by Crippen LogP contribution is 2.19. The molecule has 0 radical (unpaired) electrons. The molecule has 0 saturated carbocycles. The first-order valence-electron chi connectivity index (χ1n) is 4.42. The zero-order chi connectivity index (χ0) is 11.3. The molecule has 0 atom stereocenters. The highest BCUT2D eigenvalue weighted by Gasteiger charge is 1.97. The molecule has 15 heavy (non-hydrogen) atoms. The molecule has 4 heteroatoms. The minimum Gasteiger partial charge on any atom is -0.469 e. The molecule has 0 aromatic heterocycles. The molecule has 0 heterocycles. The predicted molar refractivity (Wildman–Crippen MR) is 61.5 cm³/mol. The van der Waals surface area contributed by atoms with Crippen LogP contribution in [0.1, 0.15) is 12.0 Å². The lowest BCUT2D eigenvalue weighted by Gasteiger charge is -2.00. The second kappa shape index (κ2) is 5.41. The Morgan fingerprint density at radius 1 is 1.60 bits per heavy atom. The maximum absolute atomic E-state index is 10.8. The van der Waals surface area contributed by atoms with E-state index in [1.54, 1.807) is 30.4 Å². The summed E-state index contributed by atoms with van der Waals surface area (Å²) >= 11 is 5.80. The largest absolute Gasteiger partial charge is 0.469 e. The van der Waals surface area contributed by atoms with E-state index in [9.17, 15) is 4.79 Å². The van der Waals surface area contributed by atoms with Gasteiger partial charge in [0.15, 0.2) is 0 Å². The van der Waals surface area contributed by atoms with E-state index in [1.165, 1.54) is 7.11 Å². The van der Waals surface area contributed by atoms with E-state index >= 15 is 0 Å². The van der Waals surface area contributed by atoms with E-state index in [0.29, 0.717) is 10.7 Å². The molecular weight excluding hydrogens is 214 g/mol. The molecule has 0 bridgehead atoms. The first-order valence-corrected chi connectivity index (χ1v) is 4.79. The molecular formula is C11H12ClNO2. The normalized spacial score (nSPS) is 10.5. The molecule has 1 rings (SSSR count). The van der Waals surface area contributed by atoms with Gasteiger partial charge in [0.2, 0.25) is 0 Å². The molecule has 0 aliphatic carbocycles. The zero-order valence-corrected chi connectivity index (χ0v) is 9.12. The number of esters is 1. The molecule has 0 fully saturated rings. The number of carbonyl (C=O) groups is 1. The van der Waals surface area contributed by atoms with Gasteiger partial charge in [-0.3, -0.25) is 4.79 Å². The van der Waals surface area contributed by atoms with E-state index in [0.717, 1.165) is 5.56 Å². The van der Waals surface area contributed by atoms with Gasteiger partial charge in [-0.2, -0.15) is 0 Å². The molecule has 0 unspecified atom stereocenters. The van der Waals surface area contributed by atoms with E-state index < -0.39 is 0 Å². The molecule has 0 amide bonds. The van der Waals surface area contributed by atoms with Crippen molar-refractivity contribution in [3.8, 4) is 0 Å². The number of hydrogen-bond acceptors (Lipinski definition) is 3. The summed E-state index contributed by atoms with van der Waals surface area (Å²) in [7, 11) is 1.35. The molecule has 80 valence electrons. The fourth-order valence-corrected chi connectivity index (χ4v) is 1.24. The fraction of sp³-hybridized carbons (Fsp3) is 0.182. The summed E-state index contributed by atoms with van der Waals surface area (Å²) in [5.74, 6) is -0.285. The average molecular weight is 226 g/mol. The Bertz CT molecular complexity index is 388. The Labute approximate surface area is 93.5 Å². The zero-order valence-electron chi connectivity index (χ0n) is 8.37. The minimum absolute atomic E-state index is 0.225. The van der Waals surface area contributed by atoms with Gasteiger partial charge in [-0.05, 0) is 23.8 Å². The Morgan fingerprint density at radius 2 is 2.33 bits per heavy atom. The van der Waals surface area contributed by atoms with Crippen molar-refractivity contribution in [1.29, 1.82) is 0 Å².